The smallest absolute Gasteiger partial charge is 0.313 e. The highest BCUT2D eigenvalue weighted by molar-refractivity contribution is 7.99. The van der Waals surface area contributed by atoms with Gasteiger partial charge in [-0.1, -0.05) is 35.5 Å². The molecule has 1 N–H and O–H groups in total. The van der Waals surface area contributed by atoms with E-state index in [1.165, 1.54) is 0 Å². The van der Waals surface area contributed by atoms with Gasteiger partial charge in [0.15, 0.2) is 5.16 Å². The predicted molar refractivity (Wildman–Crippen MR) is 91.8 cm³/mol. The van der Waals surface area contributed by atoms with Crippen LogP contribution in [0.4, 0.5) is 0 Å². The molecule has 3 rings (SSSR count). The molecule has 2 heterocycles. The van der Waals surface area contributed by atoms with Gasteiger partial charge in [0.25, 0.3) is 0 Å². The third kappa shape index (κ3) is 3.93. The summed E-state index contributed by atoms with van der Waals surface area (Å²) >= 11 is 7.21. The van der Waals surface area contributed by atoms with Gasteiger partial charge in [-0.15, -0.1) is 10.2 Å². The van der Waals surface area contributed by atoms with Crippen LogP contribution < -0.4 is 0 Å². The second kappa shape index (κ2) is 7.46. The van der Waals surface area contributed by atoms with E-state index in [1.807, 2.05) is 28.8 Å². The maximum absolute atomic E-state index is 10.9. The summed E-state index contributed by atoms with van der Waals surface area (Å²) < 4.78 is 1.83. The lowest BCUT2D eigenvalue weighted by atomic mass is 10.2. The number of aromatic nitrogens is 4. The number of hydrogen-bond donors (Lipinski definition) is 1. The highest BCUT2D eigenvalue weighted by atomic mass is 35.5. The van der Waals surface area contributed by atoms with E-state index < -0.39 is 5.97 Å². The number of thioether (sulfide) groups is 1. The van der Waals surface area contributed by atoms with Crippen LogP contribution in [0, 0.1) is 0 Å². The molecule has 0 fully saturated rings. The molecule has 24 heavy (non-hydrogen) atoms. The van der Waals surface area contributed by atoms with Gasteiger partial charge in [0.05, 0.1) is 11.4 Å². The summed E-state index contributed by atoms with van der Waals surface area (Å²) in [5.41, 5.74) is 1.78. The topological polar surface area (TPSA) is 80.9 Å². The van der Waals surface area contributed by atoms with Gasteiger partial charge in [-0.25, -0.2) is 0 Å². The van der Waals surface area contributed by atoms with Crippen LogP contribution in [-0.2, 0) is 11.2 Å². The van der Waals surface area contributed by atoms with Crippen molar-refractivity contribution in [3.8, 4) is 5.69 Å². The van der Waals surface area contributed by atoms with E-state index in [1.54, 1.807) is 24.5 Å². The second-order valence-electron chi connectivity index (χ2n) is 4.93. The standard InChI is InChI=1S/C16H13ClN4O2S/c17-12-4-1-5-13(8-12)21-14(7-11-3-2-6-18-9-11)19-20-16(21)24-10-15(22)23/h1-6,8-9H,7,10H2,(H,22,23). The third-order valence-corrected chi connectivity index (χ3v) is 4.33. The van der Waals surface area contributed by atoms with E-state index in [4.69, 9.17) is 16.7 Å². The van der Waals surface area contributed by atoms with Gasteiger partial charge in [-0.05, 0) is 29.8 Å². The fraction of sp³-hybridized carbons (Fsp3) is 0.125. The van der Waals surface area contributed by atoms with Crippen molar-refractivity contribution in [2.45, 2.75) is 11.6 Å². The average molecular weight is 361 g/mol. The highest BCUT2D eigenvalue weighted by Crippen LogP contribution is 2.25. The summed E-state index contributed by atoms with van der Waals surface area (Å²) in [7, 11) is 0. The van der Waals surface area contributed by atoms with Crippen molar-refractivity contribution in [2.75, 3.05) is 5.75 Å². The van der Waals surface area contributed by atoms with Crippen molar-refractivity contribution >= 4 is 29.3 Å². The fourth-order valence-electron chi connectivity index (χ4n) is 2.19. The normalized spacial score (nSPS) is 10.7. The zero-order valence-corrected chi connectivity index (χ0v) is 14.0. The van der Waals surface area contributed by atoms with Crippen LogP contribution in [0.5, 0.6) is 0 Å². The van der Waals surface area contributed by atoms with Crippen LogP contribution in [-0.4, -0.2) is 36.6 Å². The first kappa shape index (κ1) is 16.5. The van der Waals surface area contributed by atoms with Gasteiger partial charge in [0.1, 0.15) is 5.82 Å². The molecular formula is C16H13ClN4O2S. The van der Waals surface area contributed by atoms with Crippen molar-refractivity contribution in [1.82, 2.24) is 19.7 Å². The molecule has 0 aliphatic rings. The van der Waals surface area contributed by atoms with Crippen LogP contribution in [0.2, 0.25) is 5.02 Å². The fourth-order valence-corrected chi connectivity index (χ4v) is 3.07. The lowest BCUT2D eigenvalue weighted by molar-refractivity contribution is -0.133. The minimum atomic E-state index is -0.908. The van der Waals surface area contributed by atoms with E-state index in [0.717, 1.165) is 23.0 Å². The predicted octanol–water partition coefficient (Wildman–Crippen LogP) is 3.08. The Kier molecular flexibility index (Phi) is 5.12. The van der Waals surface area contributed by atoms with E-state index in [-0.39, 0.29) is 5.75 Å². The lowest BCUT2D eigenvalue weighted by Crippen LogP contribution is -2.05. The quantitative estimate of drug-likeness (QED) is 0.680. The maximum Gasteiger partial charge on any atom is 0.313 e. The molecular weight excluding hydrogens is 348 g/mol. The Morgan fingerprint density at radius 3 is 2.83 bits per heavy atom. The Morgan fingerprint density at radius 1 is 1.25 bits per heavy atom. The molecule has 0 aliphatic heterocycles. The monoisotopic (exact) mass is 360 g/mol. The molecule has 0 saturated carbocycles. The number of aliphatic carboxylic acids is 1. The van der Waals surface area contributed by atoms with Crippen LogP contribution in [0.3, 0.4) is 0 Å². The lowest BCUT2D eigenvalue weighted by Gasteiger charge is -2.10. The highest BCUT2D eigenvalue weighted by Gasteiger charge is 2.16. The Hall–Kier alpha value is -2.38. The first-order chi connectivity index (χ1) is 11.6. The van der Waals surface area contributed by atoms with E-state index in [2.05, 4.69) is 15.2 Å². The Labute approximate surface area is 147 Å². The largest absolute Gasteiger partial charge is 0.481 e. The summed E-state index contributed by atoms with van der Waals surface area (Å²) in [5.74, 6) is -0.307. The zero-order chi connectivity index (χ0) is 16.9. The summed E-state index contributed by atoms with van der Waals surface area (Å²) in [6, 6.07) is 11.1. The number of carbonyl (C=O) groups is 1. The number of hydrogen-bond acceptors (Lipinski definition) is 5. The van der Waals surface area contributed by atoms with Crippen LogP contribution in [0.15, 0.2) is 53.9 Å². The number of benzene rings is 1. The minimum absolute atomic E-state index is 0.0917. The minimum Gasteiger partial charge on any atom is -0.481 e. The molecule has 0 aliphatic carbocycles. The Bertz CT molecular complexity index is 854. The second-order valence-corrected chi connectivity index (χ2v) is 6.31. The molecule has 0 spiro atoms. The first-order valence-electron chi connectivity index (χ1n) is 7.07. The molecule has 0 amide bonds. The van der Waals surface area contributed by atoms with Crippen molar-refractivity contribution in [3.63, 3.8) is 0 Å². The number of halogens is 1. The van der Waals surface area contributed by atoms with Crippen molar-refractivity contribution in [2.24, 2.45) is 0 Å². The third-order valence-electron chi connectivity index (χ3n) is 3.18. The van der Waals surface area contributed by atoms with Gasteiger partial charge in [0, 0.05) is 23.8 Å². The molecule has 122 valence electrons. The zero-order valence-electron chi connectivity index (χ0n) is 12.5. The number of pyridine rings is 1. The molecule has 0 unspecified atom stereocenters. The van der Waals surface area contributed by atoms with Gasteiger partial charge in [-0.2, -0.15) is 0 Å². The van der Waals surface area contributed by atoms with Crippen LogP contribution in [0.1, 0.15) is 11.4 Å². The molecule has 0 saturated heterocycles. The van der Waals surface area contributed by atoms with Gasteiger partial charge < -0.3 is 5.11 Å². The molecule has 2 aromatic heterocycles. The van der Waals surface area contributed by atoms with Gasteiger partial charge in [0.2, 0.25) is 0 Å². The number of nitrogens with zero attached hydrogens (tertiary/aromatic N) is 4. The molecule has 3 aromatic rings. The van der Waals surface area contributed by atoms with Gasteiger partial charge >= 0.3 is 5.97 Å². The van der Waals surface area contributed by atoms with E-state index in [0.29, 0.717) is 22.4 Å². The summed E-state index contributed by atoms with van der Waals surface area (Å²) in [6.07, 6.45) is 4.00. The number of carboxylic acid groups (broad SMARTS) is 1. The van der Waals surface area contributed by atoms with Crippen molar-refractivity contribution in [1.29, 1.82) is 0 Å². The molecule has 8 heteroatoms. The number of carboxylic acids is 1. The summed E-state index contributed by atoms with van der Waals surface area (Å²) in [6.45, 7) is 0. The van der Waals surface area contributed by atoms with E-state index >= 15 is 0 Å². The number of rotatable bonds is 6. The van der Waals surface area contributed by atoms with E-state index in [9.17, 15) is 4.79 Å². The maximum atomic E-state index is 10.9. The SMILES string of the molecule is O=C(O)CSc1nnc(Cc2cccnc2)n1-c1cccc(Cl)c1. The van der Waals surface area contributed by atoms with Gasteiger partial charge in [-0.3, -0.25) is 14.3 Å². The molecule has 0 atom stereocenters. The summed E-state index contributed by atoms with van der Waals surface area (Å²) in [4.78, 5) is 15.0. The molecule has 0 radical (unpaired) electrons. The van der Waals surface area contributed by atoms with Crippen LogP contribution in [0.25, 0.3) is 5.69 Å². The Balaban J connectivity index is 2.00. The molecule has 0 bridgehead atoms. The van der Waals surface area contributed by atoms with Crippen LogP contribution >= 0.6 is 23.4 Å². The Morgan fingerprint density at radius 2 is 2.12 bits per heavy atom. The van der Waals surface area contributed by atoms with Crippen molar-refractivity contribution < 1.29 is 9.90 Å². The first-order valence-corrected chi connectivity index (χ1v) is 8.43. The average Bonchev–Trinajstić information content (AvgIpc) is 2.96. The molecule has 6 nitrogen and oxygen atoms in total. The molecule has 1 aromatic carbocycles. The van der Waals surface area contributed by atoms with Crippen molar-refractivity contribution in [3.05, 3.63) is 65.2 Å². The summed E-state index contributed by atoms with van der Waals surface area (Å²) in [5, 5.41) is 18.4.